The highest BCUT2D eigenvalue weighted by Gasteiger charge is 2.25. The van der Waals surface area contributed by atoms with Crippen LogP contribution in [0.4, 0.5) is 5.69 Å². The van der Waals surface area contributed by atoms with E-state index in [-0.39, 0.29) is 17.4 Å². The highest BCUT2D eigenvalue weighted by atomic mass is 32.2. The van der Waals surface area contributed by atoms with Crippen LogP contribution < -0.4 is 10.5 Å². The average Bonchev–Trinajstić information content (AvgIpc) is 2.35. The number of aryl methyl sites for hydroxylation is 1. The maximum atomic E-state index is 12.2. The van der Waals surface area contributed by atoms with Gasteiger partial charge in [0.15, 0.2) is 0 Å². The second-order valence-electron chi connectivity index (χ2n) is 6.13. The van der Waals surface area contributed by atoms with Crippen molar-refractivity contribution >= 4 is 15.7 Å². The van der Waals surface area contributed by atoms with Crippen molar-refractivity contribution in [3.05, 3.63) is 23.8 Å². The molecule has 0 spiro atoms. The minimum Gasteiger partial charge on any atom is -0.398 e. The molecule has 0 amide bonds. The van der Waals surface area contributed by atoms with Gasteiger partial charge in [-0.2, -0.15) is 0 Å². The Bertz CT molecular complexity index is 581. The van der Waals surface area contributed by atoms with E-state index < -0.39 is 15.6 Å². The summed E-state index contributed by atoms with van der Waals surface area (Å²) in [5, 5.41) is 10.2. The van der Waals surface area contributed by atoms with Crippen molar-refractivity contribution in [2.45, 2.75) is 51.0 Å². The smallest absolute Gasteiger partial charge is 0.240 e. The van der Waals surface area contributed by atoms with Gasteiger partial charge in [-0.1, -0.05) is 26.8 Å². The zero-order valence-corrected chi connectivity index (χ0v) is 14.0. The molecule has 0 aromatic heterocycles. The van der Waals surface area contributed by atoms with E-state index in [0.29, 0.717) is 12.1 Å². The molecule has 0 fully saturated rings. The van der Waals surface area contributed by atoms with E-state index in [1.807, 2.05) is 20.8 Å². The number of nitrogens with two attached hydrogens (primary N) is 1. The highest BCUT2D eigenvalue weighted by molar-refractivity contribution is 7.89. The molecular formula is C15H26N2O3S. The number of aliphatic hydroxyl groups is 1. The maximum Gasteiger partial charge on any atom is 0.240 e. The summed E-state index contributed by atoms with van der Waals surface area (Å²) >= 11 is 0. The third-order valence-corrected chi connectivity index (χ3v) is 4.70. The van der Waals surface area contributed by atoms with Gasteiger partial charge in [0, 0.05) is 12.2 Å². The van der Waals surface area contributed by atoms with Crippen molar-refractivity contribution in [3.63, 3.8) is 0 Å². The Morgan fingerprint density at radius 1 is 1.38 bits per heavy atom. The van der Waals surface area contributed by atoms with Crippen LogP contribution in [0.5, 0.6) is 0 Å². The van der Waals surface area contributed by atoms with Gasteiger partial charge in [0.05, 0.1) is 10.5 Å². The van der Waals surface area contributed by atoms with Crippen LogP contribution in [-0.4, -0.2) is 25.7 Å². The number of nitrogen functional groups attached to an aromatic ring is 1. The Kier molecular flexibility index (Phi) is 5.78. The second kappa shape index (κ2) is 6.77. The molecule has 5 nitrogen and oxygen atoms in total. The molecule has 0 saturated heterocycles. The number of benzene rings is 1. The zero-order valence-electron chi connectivity index (χ0n) is 13.2. The summed E-state index contributed by atoms with van der Waals surface area (Å²) in [6.45, 7) is 7.52. The molecule has 0 radical (unpaired) electrons. The first-order valence-corrected chi connectivity index (χ1v) is 8.66. The molecule has 21 heavy (non-hydrogen) atoms. The van der Waals surface area contributed by atoms with E-state index in [1.165, 1.54) is 12.1 Å². The topological polar surface area (TPSA) is 92.4 Å². The van der Waals surface area contributed by atoms with E-state index in [1.54, 1.807) is 13.0 Å². The summed E-state index contributed by atoms with van der Waals surface area (Å²) in [4.78, 5) is 0.123. The van der Waals surface area contributed by atoms with Crippen LogP contribution in [0.15, 0.2) is 23.1 Å². The van der Waals surface area contributed by atoms with Crippen LogP contribution in [0.25, 0.3) is 0 Å². The summed E-state index contributed by atoms with van der Waals surface area (Å²) in [6.07, 6.45) is 1.27. The summed E-state index contributed by atoms with van der Waals surface area (Å²) in [6, 6.07) is 4.71. The third kappa shape index (κ3) is 5.30. The summed E-state index contributed by atoms with van der Waals surface area (Å²) in [5.41, 5.74) is 6.15. The second-order valence-corrected chi connectivity index (χ2v) is 7.90. The lowest BCUT2D eigenvalue weighted by Gasteiger charge is -2.25. The number of nitrogens with one attached hydrogen (secondary N) is 1. The van der Waals surface area contributed by atoms with Crippen molar-refractivity contribution in [1.29, 1.82) is 0 Å². The maximum absolute atomic E-state index is 12.2. The van der Waals surface area contributed by atoms with E-state index in [2.05, 4.69) is 4.72 Å². The SMILES string of the molecule is CCc1ccc(S(=O)(=O)NCC(C)(O)CC(C)C)cc1N. The van der Waals surface area contributed by atoms with Crippen LogP contribution in [-0.2, 0) is 16.4 Å². The van der Waals surface area contributed by atoms with Crippen molar-refractivity contribution in [3.8, 4) is 0 Å². The molecule has 0 saturated carbocycles. The van der Waals surface area contributed by atoms with E-state index in [4.69, 9.17) is 5.73 Å². The molecule has 0 bridgehead atoms. The minimum atomic E-state index is -3.67. The lowest BCUT2D eigenvalue weighted by Crippen LogP contribution is -2.41. The third-order valence-electron chi connectivity index (χ3n) is 3.30. The molecule has 120 valence electrons. The fourth-order valence-corrected chi connectivity index (χ4v) is 3.54. The first-order chi connectivity index (χ1) is 9.57. The van der Waals surface area contributed by atoms with E-state index in [9.17, 15) is 13.5 Å². The standard InChI is InChI=1S/C15H26N2O3S/c1-5-12-6-7-13(8-14(12)16)21(19,20)17-10-15(4,18)9-11(2)3/h6-8,11,17-18H,5,9-10,16H2,1-4H3. The lowest BCUT2D eigenvalue weighted by molar-refractivity contribution is 0.0437. The van der Waals surface area contributed by atoms with E-state index in [0.717, 1.165) is 12.0 Å². The number of hydrogen-bond donors (Lipinski definition) is 3. The Labute approximate surface area is 127 Å². The van der Waals surface area contributed by atoms with Gasteiger partial charge in [0.2, 0.25) is 10.0 Å². The van der Waals surface area contributed by atoms with Crippen LogP contribution in [0, 0.1) is 5.92 Å². The van der Waals surface area contributed by atoms with E-state index >= 15 is 0 Å². The normalized spacial score (nSPS) is 15.1. The molecule has 1 aromatic carbocycles. The highest BCUT2D eigenvalue weighted by Crippen LogP contribution is 2.20. The molecule has 0 heterocycles. The summed E-state index contributed by atoms with van der Waals surface area (Å²) < 4.78 is 26.9. The average molecular weight is 314 g/mol. The van der Waals surface area contributed by atoms with Gasteiger partial charge in [0.25, 0.3) is 0 Å². The van der Waals surface area contributed by atoms with Crippen LogP contribution in [0.2, 0.25) is 0 Å². The number of hydrogen-bond acceptors (Lipinski definition) is 4. The van der Waals surface area contributed by atoms with Crippen molar-refractivity contribution in [1.82, 2.24) is 4.72 Å². The monoisotopic (exact) mass is 314 g/mol. The minimum absolute atomic E-state index is 0.0249. The van der Waals surface area contributed by atoms with Gasteiger partial charge in [-0.05, 0) is 43.4 Å². The molecule has 0 aliphatic heterocycles. The van der Waals surface area contributed by atoms with Crippen molar-refractivity contribution in [2.75, 3.05) is 12.3 Å². The fourth-order valence-electron chi connectivity index (χ4n) is 2.35. The molecule has 4 N–H and O–H groups in total. The van der Waals surface area contributed by atoms with Crippen molar-refractivity contribution < 1.29 is 13.5 Å². The fraction of sp³-hybridized carbons (Fsp3) is 0.600. The van der Waals surface area contributed by atoms with Crippen LogP contribution in [0.3, 0.4) is 0 Å². The van der Waals surface area contributed by atoms with Crippen LogP contribution >= 0.6 is 0 Å². The predicted molar refractivity (Wildman–Crippen MR) is 85.5 cm³/mol. The number of sulfonamides is 1. The van der Waals surface area contributed by atoms with Gasteiger partial charge >= 0.3 is 0 Å². The quantitative estimate of drug-likeness (QED) is 0.670. The molecule has 1 aromatic rings. The largest absolute Gasteiger partial charge is 0.398 e. The van der Waals surface area contributed by atoms with Gasteiger partial charge in [-0.3, -0.25) is 0 Å². The Hall–Kier alpha value is -1.11. The number of rotatable bonds is 7. The van der Waals surface area contributed by atoms with Crippen molar-refractivity contribution in [2.24, 2.45) is 5.92 Å². The molecular weight excluding hydrogens is 288 g/mol. The molecule has 6 heteroatoms. The Balaban J connectivity index is 2.85. The Morgan fingerprint density at radius 3 is 2.48 bits per heavy atom. The van der Waals surface area contributed by atoms with Gasteiger partial charge < -0.3 is 10.8 Å². The Morgan fingerprint density at radius 2 is 2.00 bits per heavy atom. The summed E-state index contributed by atoms with van der Waals surface area (Å²) in [5.74, 6) is 0.281. The first-order valence-electron chi connectivity index (χ1n) is 7.18. The van der Waals surface area contributed by atoms with Gasteiger partial charge in [-0.15, -0.1) is 0 Å². The number of anilines is 1. The predicted octanol–water partition coefficient (Wildman–Crippen LogP) is 1.91. The molecule has 1 unspecified atom stereocenters. The lowest BCUT2D eigenvalue weighted by atomic mass is 9.95. The summed E-state index contributed by atoms with van der Waals surface area (Å²) in [7, 11) is -3.67. The molecule has 0 aliphatic rings. The molecule has 1 rings (SSSR count). The molecule has 0 aliphatic carbocycles. The van der Waals surface area contributed by atoms with Crippen LogP contribution in [0.1, 0.15) is 39.7 Å². The molecule has 1 atom stereocenters. The first kappa shape index (κ1) is 17.9. The van der Waals surface area contributed by atoms with Gasteiger partial charge in [-0.25, -0.2) is 13.1 Å². The van der Waals surface area contributed by atoms with Gasteiger partial charge in [0.1, 0.15) is 0 Å². The zero-order chi connectivity index (χ0) is 16.3.